The Labute approximate surface area is 362 Å². The summed E-state index contributed by atoms with van der Waals surface area (Å²) in [7, 11) is 4.40. The van der Waals surface area contributed by atoms with E-state index in [0.717, 1.165) is 11.1 Å². The van der Waals surface area contributed by atoms with E-state index in [-0.39, 0.29) is 31.9 Å². The number of benzene rings is 4. The van der Waals surface area contributed by atoms with Gasteiger partial charge in [-0.15, -0.1) is 0 Å². The lowest BCUT2D eigenvalue weighted by Crippen LogP contribution is -2.64. The fourth-order valence-corrected chi connectivity index (χ4v) is 6.52. The van der Waals surface area contributed by atoms with E-state index in [1.165, 1.54) is 20.3 Å². The van der Waals surface area contributed by atoms with Gasteiger partial charge in [-0.2, -0.15) is 0 Å². The van der Waals surface area contributed by atoms with E-state index in [4.69, 9.17) is 24.7 Å². The van der Waals surface area contributed by atoms with Crippen molar-refractivity contribution in [2.24, 2.45) is 5.41 Å². The lowest BCUT2D eigenvalue weighted by Gasteiger charge is -2.35. The number of carbonyl (C=O) groups is 4. The lowest BCUT2D eigenvalue weighted by molar-refractivity contribution is -0.135. The van der Waals surface area contributed by atoms with E-state index in [1.807, 2.05) is 30.3 Å². The second-order valence-corrected chi connectivity index (χ2v) is 15.9. The fraction of sp³-hybridized carbons (Fsp3) is 0.391. The van der Waals surface area contributed by atoms with E-state index in [0.29, 0.717) is 28.3 Å². The van der Waals surface area contributed by atoms with Crippen LogP contribution >= 0.6 is 0 Å². The van der Waals surface area contributed by atoms with Gasteiger partial charge < -0.3 is 56.2 Å². The maximum atomic E-state index is 14.5. The molecule has 6 atom stereocenters. The van der Waals surface area contributed by atoms with Gasteiger partial charge in [0.15, 0.2) is 0 Å². The Morgan fingerprint density at radius 2 is 1.37 bits per heavy atom. The molecule has 334 valence electrons. The summed E-state index contributed by atoms with van der Waals surface area (Å²) in [5, 5.41) is 37.0. The first-order valence-corrected chi connectivity index (χ1v) is 20.2. The van der Waals surface area contributed by atoms with E-state index < -0.39 is 65.6 Å². The first kappa shape index (κ1) is 48.3. The molecule has 16 heteroatoms. The Balaban J connectivity index is 1.63. The largest absolute Gasteiger partial charge is 0.507 e. The number of ether oxygens (including phenoxy) is 4. The number of hydrogen-bond donors (Lipinski definition) is 8. The highest BCUT2D eigenvalue weighted by molar-refractivity contribution is 5.91. The molecule has 62 heavy (non-hydrogen) atoms. The first-order chi connectivity index (χ1) is 29.5. The van der Waals surface area contributed by atoms with Crippen molar-refractivity contribution < 1.29 is 48.3 Å². The summed E-state index contributed by atoms with van der Waals surface area (Å²) in [5.41, 5.74) is 8.07. The van der Waals surface area contributed by atoms with Gasteiger partial charge in [0.25, 0.3) is 0 Å². The van der Waals surface area contributed by atoms with Crippen LogP contribution in [0.15, 0.2) is 97.1 Å². The molecule has 0 radical (unpaired) electrons. The maximum Gasteiger partial charge on any atom is 0.408 e. The van der Waals surface area contributed by atoms with Gasteiger partial charge in [-0.05, 0) is 71.8 Å². The molecule has 9 N–H and O–H groups in total. The molecule has 6 unspecified atom stereocenters. The van der Waals surface area contributed by atoms with Gasteiger partial charge in [-0.3, -0.25) is 19.7 Å². The van der Waals surface area contributed by atoms with Crippen LogP contribution in [0.4, 0.5) is 10.5 Å². The molecule has 0 aliphatic rings. The first-order valence-electron chi connectivity index (χ1n) is 20.2. The monoisotopic (exact) mass is 856 g/mol. The molecule has 0 aliphatic carbocycles. The number of methoxy groups -OCH3 is 3. The van der Waals surface area contributed by atoms with Crippen LogP contribution in [-0.2, 0) is 50.0 Å². The Kier molecular flexibility index (Phi) is 17.9. The average molecular weight is 857 g/mol. The number of phenolic OH excluding ortho intramolecular Hbond substituents is 1. The molecule has 0 bridgehead atoms. The molecule has 0 aromatic heterocycles. The van der Waals surface area contributed by atoms with Crippen molar-refractivity contribution in [3.8, 4) is 17.2 Å². The minimum absolute atomic E-state index is 0.0717. The normalized spacial score (nSPS) is 14.2. The molecular formula is C46H60N6O10. The van der Waals surface area contributed by atoms with E-state index >= 15 is 0 Å². The predicted octanol–water partition coefficient (Wildman–Crippen LogP) is 3.72. The number of alkyl carbamates (subject to hydrolysis) is 1. The fourth-order valence-electron chi connectivity index (χ4n) is 6.52. The molecule has 16 nitrogen and oxygen atoms in total. The zero-order chi connectivity index (χ0) is 45.4. The number of aliphatic hydroxyl groups excluding tert-OH is 1. The van der Waals surface area contributed by atoms with Crippen molar-refractivity contribution in [2.75, 3.05) is 27.1 Å². The molecule has 4 aromatic carbocycles. The van der Waals surface area contributed by atoms with Gasteiger partial charge in [-0.1, -0.05) is 75.4 Å². The number of phenols is 1. The minimum Gasteiger partial charge on any atom is -0.507 e. The quantitative estimate of drug-likeness (QED) is 0.0561. The molecule has 0 aliphatic heterocycles. The number of aliphatic hydroxyl groups is 1. The van der Waals surface area contributed by atoms with Gasteiger partial charge in [0, 0.05) is 37.5 Å². The summed E-state index contributed by atoms with van der Waals surface area (Å²) < 4.78 is 21.4. The predicted molar refractivity (Wildman–Crippen MR) is 234 cm³/mol. The van der Waals surface area contributed by atoms with E-state index in [1.54, 1.807) is 95.5 Å². The molecule has 4 rings (SSSR count). The van der Waals surface area contributed by atoms with Crippen molar-refractivity contribution in [2.45, 2.75) is 90.2 Å². The second kappa shape index (κ2) is 23.0. The SMILES string of the molecule is COc1ccc(CNC(C(=O)NC(C(=O)NCc2ccc(OC)cc2O)C(C)OC)C(O)C(Cc2ccccc2)NC(=O)C(NC(=O)OCc2cccc(N)c2)C(C)(C)C)cc1. The number of rotatable bonds is 21. The lowest BCUT2D eigenvalue weighted by atomic mass is 9.85. The topological polar surface area (TPSA) is 232 Å². The Morgan fingerprint density at radius 3 is 1.98 bits per heavy atom. The third-order valence-electron chi connectivity index (χ3n) is 10.2. The number of hydrogen-bond acceptors (Lipinski definition) is 12. The molecule has 4 amide bonds. The highest BCUT2D eigenvalue weighted by Gasteiger charge is 2.40. The van der Waals surface area contributed by atoms with Crippen LogP contribution in [0, 0.1) is 5.41 Å². The van der Waals surface area contributed by atoms with Crippen LogP contribution in [-0.4, -0.2) is 91.7 Å². The summed E-state index contributed by atoms with van der Waals surface area (Å²) >= 11 is 0. The number of anilines is 1. The average Bonchev–Trinajstić information content (AvgIpc) is 3.25. The van der Waals surface area contributed by atoms with E-state index in [2.05, 4.69) is 26.6 Å². The summed E-state index contributed by atoms with van der Waals surface area (Å²) in [6.07, 6.45) is -3.24. The molecule has 4 aromatic rings. The molecule has 0 saturated carbocycles. The molecule has 0 spiro atoms. The molecule has 0 saturated heterocycles. The number of aromatic hydroxyl groups is 1. The third kappa shape index (κ3) is 14.4. The van der Waals surface area contributed by atoms with Gasteiger partial charge in [0.2, 0.25) is 17.7 Å². The highest BCUT2D eigenvalue weighted by Crippen LogP contribution is 2.24. The van der Waals surface area contributed by atoms with Crippen LogP contribution in [0.2, 0.25) is 0 Å². The molecule has 0 heterocycles. The molecular weight excluding hydrogens is 797 g/mol. The van der Waals surface area contributed by atoms with Crippen molar-refractivity contribution in [1.82, 2.24) is 26.6 Å². The zero-order valence-electron chi connectivity index (χ0n) is 36.3. The summed E-state index contributed by atoms with van der Waals surface area (Å²) in [5.74, 6) is -1.08. The summed E-state index contributed by atoms with van der Waals surface area (Å²) in [6, 6.07) is 22.7. The van der Waals surface area contributed by atoms with Gasteiger partial charge in [0.1, 0.15) is 42.0 Å². The number of nitrogens with one attached hydrogen (secondary N) is 5. The van der Waals surface area contributed by atoms with Crippen LogP contribution < -0.4 is 41.8 Å². The zero-order valence-corrected chi connectivity index (χ0v) is 36.3. The van der Waals surface area contributed by atoms with Crippen LogP contribution in [0.25, 0.3) is 0 Å². The minimum atomic E-state index is -1.62. The Bertz CT molecular complexity index is 2080. The number of carbonyl (C=O) groups excluding carboxylic acids is 4. The van der Waals surface area contributed by atoms with Crippen molar-refractivity contribution in [3.05, 3.63) is 119 Å². The van der Waals surface area contributed by atoms with Crippen molar-refractivity contribution in [1.29, 1.82) is 0 Å². The maximum absolute atomic E-state index is 14.5. The Morgan fingerprint density at radius 1 is 0.710 bits per heavy atom. The van der Waals surface area contributed by atoms with E-state index in [9.17, 15) is 29.4 Å². The second-order valence-electron chi connectivity index (χ2n) is 15.9. The molecule has 0 fully saturated rings. The third-order valence-corrected chi connectivity index (χ3v) is 10.2. The van der Waals surface area contributed by atoms with Crippen molar-refractivity contribution in [3.63, 3.8) is 0 Å². The van der Waals surface area contributed by atoms with Crippen molar-refractivity contribution >= 4 is 29.5 Å². The van der Waals surface area contributed by atoms with Gasteiger partial charge in [0.05, 0.1) is 32.5 Å². The summed E-state index contributed by atoms with van der Waals surface area (Å²) in [4.78, 5) is 55.6. The standard InChI is InChI=1S/C46H60N6O10/c1-28(59-5)38(42(55)49-26-32-18-21-35(61-7)24-37(32)53)51-43(56)39(48-25-30-16-19-34(60-6)20-17-30)40(54)36(23-29-12-9-8-10-13-29)50-44(57)41(46(2,3)4)52-45(58)62-27-31-14-11-15-33(47)22-31/h8-22,24,28,36,38-41,48,53-54H,23,25-27,47H2,1-7H3,(H,49,55)(H,50,57)(H,51,56)(H,52,58). The van der Waals surface area contributed by atoms with Crippen LogP contribution in [0.3, 0.4) is 0 Å². The highest BCUT2D eigenvalue weighted by atomic mass is 16.5. The van der Waals surface area contributed by atoms with Gasteiger partial charge in [-0.25, -0.2) is 4.79 Å². The van der Waals surface area contributed by atoms with Gasteiger partial charge >= 0.3 is 6.09 Å². The number of amides is 4. The van der Waals surface area contributed by atoms with Crippen LogP contribution in [0.1, 0.15) is 49.9 Å². The number of nitrogens with two attached hydrogens (primary N) is 1. The number of nitrogen functional groups attached to an aromatic ring is 1. The Hall–Kier alpha value is -6.36. The van der Waals surface area contributed by atoms with Crippen LogP contribution in [0.5, 0.6) is 17.2 Å². The summed E-state index contributed by atoms with van der Waals surface area (Å²) in [6.45, 7) is 6.82. The smallest absolute Gasteiger partial charge is 0.408 e.